The zero-order chi connectivity index (χ0) is 27.1. The summed E-state index contributed by atoms with van der Waals surface area (Å²) in [7, 11) is -0.336. The number of aliphatic hydroxyl groups is 1. The molecule has 3 nitrogen and oxygen atoms in total. The van der Waals surface area contributed by atoms with Crippen molar-refractivity contribution >= 4 is 12.6 Å². The molecule has 0 aromatic heterocycles. The second-order valence-electron chi connectivity index (χ2n) is 12.9. The van der Waals surface area contributed by atoms with Crippen molar-refractivity contribution in [3.05, 3.63) is 64.2 Å². The maximum Gasteiger partial charge on any atom is 0.495 e. The topological polar surface area (TPSA) is 38.7 Å². The largest absolute Gasteiger partial charge is 0.495 e. The maximum atomic E-state index is 11.0. The van der Waals surface area contributed by atoms with E-state index in [0.717, 1.165) is 56.8 Å². The van der Waals surface area contributed by atoms with Gasteiger partial charge in [0, 0.05) is 5.41 Å². The van der Waals surface area contributed by atoms with Gasteiger partial charge in [0.1, 0.15) is 0 Å². The van der Waals surface area contributed by atoms with E-state index in [4.69, 9.17) is 9.31 Å². The molecule has 202 valence electrons. The minimum atomic E-state index is -0.462. The van der Waals surface area contributed by atoms with Crippen molar-refractivity contribution in [2.75, 3.05) is 0 Å². The third-order valence-electron chi connectivity index (χ3n) is 10.1. The van der Waals surface area contributed by atoms with Crippen LogP contribution in [0.1, 0.15) is 121 Å². The smallest absolute Gasteiger partial charge is 0.399 e. The van der Waals surface area contributed by atoms with E-state index in [1.807, 2.05) is 0 Å². The molecule has 0 bridgehead atoms. The molecule has 2 aliphatic rings. The molecule has 1 N–H and O–H groups in total. The number of rotatable bonds is 8. The van der Waals surface area contributed by atoms with Crippen LogP contribution >= 0.6 is 0 Å². The van der Waals surface area contributed by atoms with E-state index in [0.29, 0.717) is 0 Å². The van der Waals surface area contributed by atoms with Gasteiger partial charge in [-0.3, -0.25) is 0 Å². The third-order valence-corrected chi connectivity index (χ3v) is 10.1. The molecule has 0 spiro atoms. The van der Waals surface area contributed by atoms with Crippen molar-refractivity contribution < 1.29 is 14.4 Å². The van der Waals surface area contributed by atoms with Crippen LogP contribution in [0.25, 0.3) is 0 Å². The Hall–Kier alpha value is -1.62. The molecule has 1 heterocycles. The van der Waals surface area contributed by atoms with Crippen LogP contribution in [0, 0.1) is 13.8 Å². The molecule has 1 saturated heterocycles. The molecule has 1 saturated carbocycles. The van der Waals surface area contributed by atoms with Gasteiger partial charge in [-0.05, 0) is 108 Å². The van der Waals surface area contributed by atoms with Gasteiger partial charge in [-0.1, -0.05) is 75.1 Å². The summed E-state index contributed by atoms with van der Waals surface area (Å²) in [6.45, 7) is 17.5. The highest BCUT2D eigenvalue weighted by Gasteiger charge is 2.52. The molecule has 0 radical (unpaired) electrons. The standard InChI is InChI=1S/C33H49BO3/c1-9-33(10-2,27-15-14-26(24(3)22-27)18-21-32(35)19-12-11-13-20-32)28-16-17-29(25(4)23-28)34-36-30(5,6)31(7,8)37-34/h14-17,22-23,35H,9-13,18-21H2,1-8H3. The minimum absolute atomic E-state index is 0.0376. The van der Waals surface area contributed by atoms with Crippen LogP contribution in [-0.2, 0) is 21.1 Å². The van der Waals surface area contributed by atoms with Crippen molar-refractivity contribution in [2.45, 2.75) is 135 Å². The predicted molar refractivity (Wildman–Crippen MR) is 156 cm³/mol. The molecule has 37 heavy (non-hydrogen) atoms. The Labute approximate surface area is 226 Å². The fourth-order valence-corrected chi connectivity index (χ4v) is 6.54. The Morgan fingerprint density at radius 2 is 1.35 bits per heavy atom. The number of aryl methyl sites for hydroxylation is 3. The van der Waals surface area contributed by atoms with E-state index in [1.165, 1.54) is 34.2 Å². The average Bonchev–Trinajstić information content (AvgIpc) is 3.06. The SMILES string of the molecule is CCC(CC)(c1ccc(CCC2(O)CCCCC2)c(C)c1)c1ccc(B2OC(C)(C)C(C)(C)O2)c(C)c1. The molecule has 0 atom stereocenters. The molecule has 4 rings (SSSR count). The van der Waals surface area contributed by atoms with E-state index in [-0.39, 0.29) is 23.7 Å². The van der Waals surface area contributed by atoms with Gasteiger partial charge in [-0.25, -0.2) is 0 Å². The summed E-state index contributed by atoms with van der Waals surface area (Å²) < 4.78 is 12.7. The van der Waals surface area contributed by atoms with E-state index in [1.54, 1.807) is 0 Å². The quantitative estimate of drug-likeness (QED) is 0.383. The van der Waals surface area contributed by atoms with Crippen LogP contribution in [0.5, 0.6) is 0 Å². The molecule has 0 unspecified atom stereocenters. The Morgan fingerprint density at radius 3 is 1.86 bits per heavy atom. The van der Waals surface area contributed by atoms with Crippen LogP contribution in [0.4, 0.5) is 0 Å². The lowest BCUT2D eigenvalue weighted by Crippen LogP contribution is -2.41. The van der Waals surface area contributed by atoms with Crippen molar-refractivity contribution in [3.63, 3.8) is 0 Å². The minimum Gasteiger partial charge on any atom is -0.399 e. The Kier molecular flexibility index (Phi) is 8.07. The van der Waals surface area contributed by atoms with Crippen molar-refractivity contribution in [2.24, 2.45) is 0 Å². The fourth-order valence-electron chi connectivity index (χ4n) is 6.54. The first-order valence-electron chi connectivity index (χ1n) is 14.7. The summed E-state index contributed by atoms with van der Waals surface area (Å²) in [5.41, 5.74) is 6.62. The number of hydrogen-bond acceptors (Lipinski definition) is 3. The summed E-state index contributed by atoms with van der Waals surface area (Å²) in [4.78, 5) is 0. The highest BCUT2D eigenvalue weighted by molar-refractivity contribution is 6.62. The summed E-state index contributed by atoms with van der Waals surface area (Å²) in [5, 5.41) is 11.0. The Morgan fingerprint density at radius 1 is 0.811 bits per heavy atom. The summed E-state index contributed by atoms with van der Waals surface area (Å²) >= 11 is 0. The van der Waals surface area contributed by atoms with E-state index >= 15 is 0 Å². The van der Waals surface area contributed by atoms with Crippen molar-refractivity contribution in [1.82, 2.24) is 0 Å². The summed E-state index contributed by atoms with van der Waals surface area (Å²) in [5.74, 6) is 0. The third kappa shape index (κ3) is 5.44. The Balaban J connectivity index is 1.59. The molecular formula is C33H49BO3. The highest BCUT2D eigenvalue weighted by Crippen LogP contribution is 2.41. The van der Waals surface area contributed by atoms with E-state index in [9.17, 15) is 5.11 Å². The molecule has 4 heteroatoms. The van der Waals surface area contributed by atoms with Gasteiger partial charge in [0.2, 0.25) is 0 Å². The fraction of sp³-hybridized carbons (Fsp3) is 0.636. The molecule has 1 aliphatic carbocycles. The number of hydrogen-bond donors (Lipinski definition) is 1. The van der Waals surface area contributed by atoms with Gasteiger partial charge in [0.05, 0.1) is 16.8 Å². The van der Waals surface area contributed by atoms with Gasteiger partial charge in [0.15, 0.2) is 0 Å². The molecule has 2 aromatic carbocycles. The van der Waals surface area contributed by atoms with E-state index < -0.39 is 5.60 Å². The lowest BCUT2D eigenvalue weighted by Gasteiger charge is -2.35. The first kappa shape index (κ1) is 28.4. The zero-order valence-electron chi connectivity index (χ0n) is 24.7. The first-order chi connectivity index (χ1) is 17.4. The van der Waals surface area contributed by atoms with Crippen LogP contribution in [0.2, 0.25) is 0 Å². The molecule has 2 fully saturated rings. The van der Waals surface area contributed by atoms with Gasteiger partial charge in [-0.2, -0.15) is 0 Å². The zero-order valence-corrected chi connectivity index (χ0v) is 24.7. The van der Waals surface area contributed by atoms with Gasteiger partial charge in [0.25, 0.3) is 0 Å². The number of benzene rings is 2. The molecule has 1 aliphatic heterocycles. The normalized spacial score (nSPS) is 20.8. The molecular weight excluding hydrogens is 455 g/mol. The van der Waals surface area contributed by atoms with Crippen LogP contribution in [0.3, 0.4) is 0 Å². The van der Waals surface area contributed by atoms with Crippen LogP contribution < -0.4 is 5.46 Å². The summed E-state index contributed by atoms with van der Waals surface area (Å²) in [6.07, 6.45) is 9.42. The second kappa shape index (κ2) is 10.5. The van der Waals surface area contributed by atoms with Gasteiger partial charge in [-0.15, -0.1) is 0 Å². The Bertz CT molecular complexity index is 1080. The first-order valence-corrected chi connectivity index (χ1v) is 14.7. The summed E-state index contributed by atoms with van der Waals surface area (Å²) in [6, 6.07) is 13.9. The van der Waals surface area contributed by atoms with Crippen molar-refractivity contribution in [3.8, 4) is 0 Å². The second-order valence-corrected chi connectivity index (χ2v) is 12.9. The highest BCUT2D eigenvalue weighted by atomic mass is 16.7. The van der Waals surface area contributed by atoms with Crippen LogP contribution in [-0.4, -0.2) is 29.0 Å². The molecule has 0 amide bonds. The molecule has 2 aromatic rings. The van der Waals surface area contributed by atoms with Crippen molar-refractivity contribution in [1.29, 1.82) is 0 Å². The van der Waals surface area contributed by atoms with E-state index in [2.05, 4.69) is 91.8 Å². The van der Waals surface area contributed by atoms with Crippen LogP contribution in [0.15, 0.2) is 36.4 Å². The van der Waals surface area contributed by atoms with Gasteiger partial charge < -0.3 is 14.4 Å². The predicted octanol–water partition coefficient (Wildman–Crippen LogP) is 7.34. The van der Waals surface area contributed by atoms with Gasteiger partial charge >= 0.3 is 7.12 Å². The average molecular weight is 505 g/mol. The monoisotopic (exact) mass is 504 g/mol. The lowest BCUT2D eigenvalue weighted by molar-refractivity contribution is -0.00344. The maximum absolute atomic E-state index is 11.0. The lowest BCUT2D eigenvalue weighted by atomic mass is 9.67.